The van der Waals surface area contributed by atoms with E-state index in [-0.39, 0.29) is 18.3 Å². The van der Waals surface area contributed by atoms with E-state index in [9.17, 15) is 18.0 Å². The van der Waals surface area contributed by atoms with Gasteiger partial charge in [-0.05, 0) is 31.0 Å². The van der Waals surface area contributed by atoms with Crippen LogP contribution in [0.3, 0.4) is 0 Å². The molecule has 1 aliphatic carbocycles. The van der Waals surface area contributed by atoms with Gasteiger partial charge in [0.25, 0.3) is 0 Å². The molecule has 0 atom stereocenters. The highest BCUT2D eigenvalue weighted by atomic mass is 35.5. The molecule has 1 amide bonds. The van der Waals surface area contributed by atoms with Gasteiger partial charge in [0, 0.05) is 13.1 Å². The Morgan fingerprint density at radius 3 is 2.50 bits per heavy atom. The van der Waals surface area contributed by atoms with Crippen molar-refractivity contribution in [2.75, 3.05) is 19.6 Å². The lowest BCUT2D eigenvalue weighted by Crippen LogP contribution is -2.38. The fourth-order valence-electron chi connectivity index (χ4n) is 2.38. The van der Waals surface area contributed by atoms with E-state index in [0.717, 1.165) is 18.7 Å². The van der Waals surface area contributed by atoms with Crippen LogP contribution < -0.4 is 10.6 Å². The summed E-state index contributed by atoms with van der Waals surface area (Å²) in [5.74, 6) is -0.181. The first-order valence-electron chi connectivity index (χ1n) is 7.07. The number of amides is 1. The third-order valence-corrected chi connectivity index (χ3v) is 3.76. The number of benzene rings is 1. The van der Waals surface area contributed by atoms with Crippen molar-refractivity contribution < 1.29 is 18.0 Å². The van der Waals surface area contributed by atoms with Crippen LogP contribution in [0.5, 0.6) is 0 Å². The zero-order chi connectivity index (χ0) is 15.5. The molecule has 1 aliphatic rings. The monoisotopic (exact) mass is 336 g/mol. The Kier molecular flexibility index (Phi) is 6.26. The van der Waals surface area contributed by atoms with Gasteiger partial charge < -0.3 is 10.6 Å². The summed E-state index contributed by atoms with van der Waals surface area (Å²) in [6.07, 6.45) is -3.18. The number of hydrogen-bond donors (Lipinski definition) is 2. The summed E-state index contributed by atoms with van der Waals surface area (Å²) >= 11 is 0. The number of likely N-dealkylation sites (N-methyl/N-ethyl adjacent to an activating group) is 1. The van der Waals surface area contributed by atoms with E-state index in [0.29, 0.717) is 31.5 Å². The number of carbonyl (C=O) groups excluding carboxylic acids is 1. The third kappa shape index (κ3) is 4.14. The van der Waals surface area contributed by atoms with Crippen molar-refractivity contribution in [1.82, 2.24) is 10.6 Å². The Morgan fingerprint density at radius 2 is 1.95 bits per heavy atom. The lowest BCUT2D eigenvalue weighted by molar-refractivity contribution is -0.137. The summed E-state index contributed by atoms with van der Waals surface area (Å²) in [4.78, 5) is 12.2. The number of alkyl halides is 3. The van der Waals surface area contributed by atoms with Gasteiger partial charge in [0.2, 0.25) is 5.91 Å². The van der Waals surface area contributed by atoms with Gasteiger partial charge in [-0.1, -0.05) is 25.1 Å². The Bertz CT molecular complexity index is 516. The maximum atomic E-state index is 12.8. The van der Waals surface area contributed by atoms with Crippen LogP contribution in [0.25, 0.3) is 0 Å². The van der Waals surface area contributed by atoms with Crippen LogP contribution in [-0.2, 0) is 16.4 Å². The second-order valence-corrected chi connectivity index (χ2v) is 5.27. The Hall–Kier alpha value is -1.27. The molecule has 3 nitrogen and oxygen atoms in total. The van der Waals surface area contributed by atoms with Crippen molar-refractivity contribution in [3.05, 3.63) is 35.4 Å². The number of nitrogens with one attached hydrogen (secondary N) is 2. The average Bonchev–Trinajstić information content (AvgIpc) is 3.24. The minimum Gasteiger partial charge on any atom is -0.354 e. The van der Waals surface area contributed by atoms with Crippen LogP contribution in [0.4, 0.5) is 13.2 Å². The van der Waals surface area contributed by atoms with Gasteiger partial charge in [-0.3, -0.25) is 4.79 Å². The first kappa shape index (κ1) is 18.8. The van der Waals surface area contributed by atoms with Crippen molar-refractivity contribution in [2.45, 2.75) is 31.4 Å². The summed E-state index contributed by atoms with van der Waals surface area (Å²) < 4.78 is 38.3. The number of hydrogen-bond acceptors (Lipinski definition) is 2. The minimum absolute atomic E-state index is 0. The molecule has 0 aliphatic heterocycles. The molecule has 124 valence electrons. The van der Waals surface area contributed by atoms with Gasteiger partial charge in [-0.15, -0.1) is 12.4 Å². The van der Waals surface area contributed by atoms with E-state index in [2.05, 4.69) is 10.6 Å². The molecule has 22 heavy (non-hydrogen) atoms. The molecule has 2 rings (SSSR count). The molecular weight excluding hydrogens is 317 g/mol. The minimum atomic E-state index is -4.38. The highest BCUT2D eigenvalue weighted by Crippen LogP contribution is 2.49. The lowest BCUT2D eigenvalue weighted by atomic mass is 9.93. The normalized spacial score (nSPS) is 15.8. The summed E-state index contributed by atoms with van der Waals surface area (Å²) in [6, 6.07) is 5.09. The van der Waals surface area contributed by atoms with Crippen molar-refractivity contribution >= 4 is 18.3 Å². The van der Waals surface area contributed by atoms with Gasteiger partial charge in [-0.2, -0.15) is 13.2 Å². The van der Waals surface area contributed by atoms with Gasteiger partial charge in [0.15, 0.2) is 0 Å². The molecule has 2 N–H and O–H groups in total. The van der Waals surface area contributed by atoms with Gasteiger partial charge in [0.1, 0.15) is 0 Å². The zero-order valence-electron chi connectivity index (χ0n) is 12.3. The summed E-state index contributed by atoms with van der Waals surface area (Å²) in [5, 5.41) is 5.88. The zero-order valence-corrected chi connectivity index (χ0v) is 13.1. The first-order valence-corrected chi connectivity index (χ1v) is 7.07. The molecule has 7 heteroatoms. The summed E-state index contributed by atoms with van der Waals surface area (Å²) in [6.45, 7) is 3.91. The van der Waals surface area contributed by atoms with Crippen LogP contribution >= 0.6 is 12.4 Å². The van der Waals surface area contributed by atoms with Crippen LogP contribution in [0.15, 0.2) is 24.3 Å². The van der Waals surface area contributed by atoms with E-state index >= 15 is 0 Å². The third-order valence-electron chi connectivity index (χ3n) is 3.76. The lowest BCUT2D eigenvalue weighted by Gasteiger charge is -2.17. The van der Waals surface area contributed by atoms with E-state index in [4.69, 9.17) is 0 Å². The van der Waals surface area contributed by atoms with Crippen molar-refractivity contribution in [3.8, 4) is 0 Å². The Labute approximate surface area is 134 Å². The van der Waals surface area contributed by atoms with Crippen molar-refractivity contribution in [3.63, 3.8) is 0 Å². The smallest absolute Gasteiger partial charge is 0.354 e. The first-order chi connectivity index (χ1) is 9.90. The quantitative estimate of drug-likeness (QED) is 0.784. The van der Waals surface area contributed by atoms with Crippen LogP contribution in [0.2, 0.25) is 0 Å². The fraction of sp³-hybridized carbons (Fsp3) is 0.533. The molecule has 1 fully saturated rings. The highest BCUT2D eigenvalue weighted by molar-refractivity contribution is 5.91. The average molecular weight is 337 g/mol. The van der Waals surface area contributed by atoms with E-state index in [1.165, 1.54) is 6.07 Å². The summed E-state index contributed by atoms with van der Waals surface area (Å²) in [7, 11) is 0. The Balaban J connectivity index is 0.00000242. The van der Waals surface area contributed by atoms with Gasteiger partial charge in [-0.25, -0.2) is 0 Å². The van der Waals surface area contributed by atoms with Crippen LogP contribution in [0, 0.1) is 0 Å². The van der Waals surface area contributed by atoms with E-state index < -0.39 is 17.2 Å². The molecule has 0 radical (unpaired) electrons. The van der Waals surface area contributed by atoms with Gasteiger partial charge >= 0.3 is 6.18 Å². The van der Waals surface area contributed by atoms with Crippen LogP contribution in [-0.4, -0.2) is 25.5 Å². The van der Waals surface area contributed by atoms with Gasteiger partial charge in [0.05, 0.1) is 11.0 Å². The second-order valence-electron chi connectivity index (χ2n) is 5.27. The predicted molar refractivity (Wildman–Crippen MR) is 81.2 cm³/mol. The number of rotatable bonds is 6. The standard InChI is InChI=1S/C15H19F3N2O.ClH/c1-2-19-8-9-20-13(21)14(6-7-14)11-4-3-5-12(10-11)15(16,17)18;/h3-5,10,19H,2,6-9H2,1H3,(H,20,21);1H. The Morgan fingerprint density at radius 1 is 1.27 bits per heavy atom. The number of halogens is 4. The maximum Gasteiger partial charge on any atom is 0.416 e. The van der Waals surface area contributed by atoms with E-state index in [1.54, 1.807) is 6.07 Å². The molecule has 1 aromatic carbocycles. The topological polar surface area (TPSA) is 41.1 Å². The molecule has 0 bridgehead atoms. The fourth-order valence-corrected chi connectivity index (χ4v) is 2.38. The highest BCUT2D eigenvalue weighted by Gasteiger charge is 2.51. The SMILES string of the molecule is CCNCCNC(=O)C1(c2cccc(C(F)(F)F)c2)CC1.Cl. The maximum absolute atomic E-state index is 12.8. The summed E-state index contributed by atoms with van der Waals surface area (Å²) in [5.41, 5.74) is -1.02. The molecule has 0 heterocycles. The number of carbonyl (C=O) groups is 1. The van der Waals surface area contributed by atoms with E-state index in [1.807, 2.05) is 6.92 Å². The molecular formula is C15H20ClF3N2O. The molecule has 1 saturated carbocycles. The molecule has 0 spiro atoms. The predicted octanol–water partition coefficient (Wildman–Crippen LogP) is 2.88. The van der Waals surface area contributed by atoms with Crippen molar-refractivity contribution in [1.29, 1.82) is 0 Å². The molecule has 0 unspecified atom stereocenters. The molecule has 1 aromatic rings. The molecule has 0 saturated heterocycles. The second kappa shape index (κ2) is 7.33. The largest absolute Gasteiger partial charge is 0.416 e. The van der Waals surface area contributed by atoms with Crippen molar-refractivity contribution in [2.24, 2.45) is 0 Å². The molecule has 0 aromatic heterocycles. The van der Waals surface area contributed by atoms with Crippen LogP contribution in [0.1, 0.15) is 30.9 Å².